The van der Waals surface area contributed by atoms with Crippen molar-refractivity contribution in [2.45, 2.75) is 20.0 Å². The lowest BCUT2D eigenvalue weighted by molar-refractivity contribution is -0.120. The van der Waals surface area contributed by atoms with Gasteiger partial charge in [-0.3, -0.25) is 14.4 Å². The molecule has 38 heavy (non-hydrogen) atoms. The summed E-state index contributed by atoms with van der Waals surface area (Å²) in [5, 5.41) is 5.34. The molecule has 0 fully saturated rings. The van der Waals surface area contributed by atoms with E-state index < -0.39 is 23.7 Å². The summed E-state index contributed by atoms with van der Waals surface area (Å²) in [6.45, 7) is 3.47. The molecule has 0 unspecified atom stereocenters. The van der Waals surface area contributed by atoms with Gasteiger partial charge in [-0.05, 0) is 68.4 Å². The number of nitrogens with zero attached hydrogens (tertiary/aromatic N) is 1. The quantitative estimate of drug-likeness (QED) is 0.311. The third-order valence-corrected chi connectivity index (χ3v) is 5.83. The Morgan fingerprint density at radius 3 is 2.29 bits per heavy atom. The summed E-state index contributed by atoms with van der Waals surface area (Å²) >= 11 is 6.24. The fourth-order valence-electron chi connectivity index (χ4n) is 3.70. The van der Waals surface area contributed by atoms with Gasteiger partial charge in [-0.25, -0.2) is 9.69 Å². The molecule has 3 amide bonds. The van der Waals surface area contributed by atoms with Crippen LogP contribution < -0.4 is 20.3 Å². The lowest BCUT2D eigenvalue weighted by atomic mass is 10.1. The van der Waals surface area contributed by atoms with Crippen LogP contribution in [0.25, 0.3) is 0 Å². The first-order chi connectivity index (χ1) is 18.2. The van der Waals surface area contributed by atoms with Crippen LogP contribution in [-0.4, -0.2) is 36.9 Å². The molecule has 1 aliphatic heterocycles. The number of imide groups is 1. The molecule has 4 rings (SSSR count). The van der Waals surface area contributed by atoms with Crippen molar-refractivity contribution in [3.8, 4) is 5.75 Å². The molecule has 9 nitrogen and oxygen atoms in total. The minimum Gasteiger partial charge on any atom is -0.495 e. The van der Waals surface area contributed by atoms with Gasteiger partial charge < -0.3 is 20.1 Å². The van der Waals surface area contributed by atoms with Gasteiger partial charge >= 0.3 is 5.97 Å². The summed E-state index contributed by atoms with van der Waals surface area (Å²) in [6, 6.07) is 19.2. The lowest BCUT2D eigenvalue weighted by Crippen LogP contribution is -2.32. The molecule has 3 aromatic rings. The maximum absolute atomic E-state index is 13.1. The molecule has 0 atom stereocenters. The number of esters is 1. The predicted molar refractivity (Wildman–Crippen MR) is 143 cm³/mol. The highest BCUT2D eigenvalue weighted by atomic mass is 35.5. The first-order valence-electron chi connectivity index (χ1n) is 11.6. The lowest BCUT2D eigenvalue weighted by Gasteiger charge is -2.16. The van der Waals surface area contributed by atoms with Crippen molar-refractivity contribution < 1.29 is 28.7 Å². The van der Waals surface area contributed by atoms with Crippen molar-refractivity contribution in [2.24, 2.45) is 0 Å². The van der Waals surface area contributed by atoms with Crippen molar-refractivity contribution in [3.05, 3.63) is 94.7 Å². The number of benzene rings is 3. The van der Waals surface area contributed by atoms with Crippen LogP contribution in [0.4, 0.5) is 17.1 Å². The molecule has 0 radical (unpaired) electrons. The summed E-state index contributed by atoms with van der Waals surface area (Å²) in [5.74, 6) is -1.81. The Bertz CT molecular complexity index is 1450. The fraction of sp³-hybridized carbons (Fsp3) is 0.143. The van der Waals surface area contributed by atoms with Crippen LogP contribution in [0.3, 0.4) is 0 Å². The summed E-state index contributed by atoms with van der Waals surface area (Å²) in [4.78, 5) is 51.8. The zero-order chi connectivity index (χ0) is 27.4. The number of carbonyl (C=O) groups is 4. The molecule has 1 aliphatic rings. The maximum Gasteiger partial charge on any atom is 0.338 e. The normalized spacial score (nSPS) is 13.1. The number of amides is 3. The zero-order valence-electron chi connectivity index (χ0n) is 20.8. The Labute approximate surface area is 224 Å². The Morgan fingerprint density at radius 1 is 0.895 bits per heavy atom. The molecule has 194 valence electrons. The molecular weight excluding hydrogens is 510 g/mol. The van der Waals surface area contributed by atoms with Crippen LogP contribution in [0.15, 0.2) is 83.5 Å². The van der Waals surface area contributed by atoms with E-state index in [2.05, 4.69) is 10.6 Å². The van der Waals surface area contributed by atoms with Crippen molar-refractivity contribution in [1.29, 1.82) is 0 Å². The smallest absolute Gasteiger partial charge is 0.338 e. The summed E-state index contributed by atoms with van der Waals surface area (Å²) < 4.78 is 10.4. The van der Waals surface area contributed by atoms with Gasteiger partial charge in [0.1, 0.15) is 16.5 Å². The number of hydrogen-bond acceptors (Lipinski definition) is 7. The van der Waals surface area contributed by atoms with Gasteiger partial charge in [-0.1, -0.05) is 29.8 Å². The van der Waals surface area contributed by atoms with E-state index in [1.807, 2.05) is 0 Å². The minimum absolute atomic E-state index is 0.137. The second-order valence-corrected chi connectivity index (χ2v) is 8.87. The van der Waals surface area contributed by atoms with E-state index in [-0.39, 0.29) is 28.1 Å². The average molecular weight is 534 g/mol. The minimum atomic E-state index is -0.721. The van der Waals surface area contributed by atoms with Crippen LogP contribution in [0, 0.1) is 0 Å². The molecule has 1 heterocycles. The van der Waals surface area contributed by atoms with Crippen LogP contribution >= 0.6 is 11.6 Å². The molecule has 0 spiro atoms. The topological polar surface area (TPSA) is 114 Å². The number of ether oxygens (including phenoxy) is 2. The number of para-hydroxylation sites is 2. The highest BCUT2D eigenvalue weighted by Crippen LogP contribution is 2.31. The third-order valence-electron chi connectivity index (χ3n) is 5.48. The molecule has 10 heteroatoms. The standard InChI is InChI=1S/C28H24ClN3O6/c1-16(2)38-28(36)17-11-13-20(14-12-17)32-26(34)23(29)24(27(32)35)30-19-8-6-7-18(15-19)25(33)31-21-9-4-5-10-22(21)37-3/h4-16,30H,1-3H3,(H,31,33). The van der Waals surface area contributed by atoms with E-state index in [1.165, 1.54) is 37.4 Å². The van der Waals surface area contributed by atoms with Crippen molar-refractivity contribution in [1.82, 2.24) is 0 Å². The SMILES string of the molecule is COc1ccccc1NC(=O)c1cccc(NC2=C(Cl)C(=O)N(c3ccc(C(=O)OC(C)C)cc3)C2=O)c1. The number of halogens is 1. The van der Waals surface area contributed by atoms with Gasteiger partial charge in [0.05, 0.1) is 30.2 Å². The molecule has 2 N–H and O–H groups in total. The van der Waals surface area contributed by atoms with E-state index in [0.717, 1.165) is 4.90 Å². The molecule has 0 aliphatic carbocycles. The molecule has 0 saturated heterocycles. The molecule has 0 bridgehead atoms. The number of anilines is 3. The van der Waals surface area contributed by atoms with Gasteiger partial charge in [0.2, 0.25) is 0 Å². The largest absolute Gasteiger partial charge is 0.495 e. The monoisotopic (exact) mass is 533 g/mol. The maximum atomic E-state index is 13.1. The van der Waals surface area contributed by atoms with E-state index >= 15 is 0 Å². The van der Waals surface area contributed by atoms with E-state index in [9.17, 15) is 19.2 Å². The van der Waals surface area contributed by atoms with E-state index in [0.29, 0.717) is 22.7 Å². The first kappa shape index (κ1) is 26.4. The van der Waals surface area contributed by atoms with Crippen molar-refractivity contribution >= 4 is 52.4 Å². The second-order valence-electron chi connectivity index (χ2n) is 8.50. The highest BCUT2D eigenvalue weighted by Gasteiger charge is 2.39. The number of hydrogen-bond donors (Lipinski definition) is 2. The Morgan fingerprint density at radius 2 is 1.61 bits per heavy atom. The second kappa shape index (κ2) is 11.2. The number of carbonyl (C=O) groups excluding carboxylic acids is 4. The first-order valence-corrected chi connectivity index (χ1v) is 12.0. The molecular formula is C28H24ClN3O6. The Balaban J connectivity index is 1.50. The number of methoxy groups -OCH3 is 1. The number of nitrogens with one attached hydrogen (secondary N) is 2. The predicted octanol–water partition coefficient (Wildman–Crippen LogP) is 4.95. The highest BCUT2D eigenvalue weighted by molar-refractivity contribution is 6.53. The van der Waals surface area contributed by atoms with Crippen LogP contribution in [0.5, 0.6) is 5.75 Å². The van der Waals surface area contributed by atoms with Gasteiger partial charge in [-0.15, -0.1) is 0 Å². The number of rotatable bonds is 8. The molecule has 0 saturated carbocycles. The van der Waals surface area contributed by atoms with Gasteiger partial charge in [0.25, 0.3) is 17.7 Å². The Hall–Kier alpha value is -4.63. The Kier molecular flexibility index (Phi) is 7.78. The van der Waals surface area contributed by atoms with Crippen molar-refractivity contribution in [2.75, 3.05) is 22.6 Å². The van der Waals surface area contributed by atoms with E-state index in [1.54, 1.807) is 56.3 Å². The van der Waals surface area contributed by atoms with Crippen LogP contribution in [0.1, 0.15) is 34.6 Å². The average Bonchev–Trinajstić information content (AvgIpc) is 3.11. The van der Waals surface area contributed by atoms with Crippen LogP contribution in [0.2, 0.25) is 0 Å². The van der Waals surface area contributed by atoms with Crippen LogP contribution in [-0.2, 0) is 14.3 Å². The van der Waals surface area contributed by atoms with Gasteiger partial charge in [-0.2, -0.15) is 0 Å². The summed E-state index contributed by atoms with van der Waals surface area (Å²) in [7, 11) is 1.51. The fourth-order valence-corrected chi connectivity index (χ4v) is 3.91. The third kappa shape index (κ3) is 5.52. The van der Waals surface area contributed by atoms with Gasteiger partial charge in [0.15, 0.2) is 0 Å². The van der Waals surface area contributed by atoms with E-state index in [4.69, 9.17) is 21.1 Å². The molecule has 3 aromatic carbocycles. The van der Waals surface area contributed by atoms with Gasteiger partial charge in [0, 0.05) is 11.3 Å². The van der Waals surface area contributed by atoms with Crippen molar-refractivity contribution in [3.63, 3.8) is 0 Å². The summed E-state index contributed by atoms with van der Waals surface area (Å²) in [6.07, 6.45) is -0.286. The molecule has 0 aromatic heterocycles. The zero-order valence-corrected chi connectivity index (χ0v) is 21.5. The summed E-state index contributed by atoms with van der Waals surface area (Å²) in [5.41, 5.74) is 1.56.